The summed E-state index contributed by atoms with van der Waals surface area (Å²) in [7, 11) is 1.40. The molecule has 24 heavy (non-hydrogen) atoms. The normalized spacial score (nSPS) is 11.4. The first kappa shape index (κ1) is 16.2. The van der Waals surface area contributed by atoms with Crippen molar-refractivity contribution in [3.05, 3.63) is 35.4 Å². The van der Waals surface area contributed by atoms with Crippen LogP contribution in [0.3, 0.4) is 0 Å². The maximum Gasteiger partial charge on any atom is 0.275 e. The molecule has 0 aliphatic carbocycles. The fourth-order valence-corrected chi connectivity index (χ4v) is 2.75. The summed E-state index contributed by atoms with van der Waals surface area (Å²) in [5, 5.41) is 5.05. The van der Waals surface area contributed by atoms with Crippen LogP contribution in [0.5, 0.6) is 0 Å². The van der Waals surface area contributed by atoms with Gasteiger partial charge >= 0.3 is 0 Å². The van der Waals surface area contributed by atoms with E-state index in [-0.39, 0.29) is 11.9 Å². The first-order valence-corrected chi connectivity index (χ1v) is 7.71. The van der Waals surface area contributed by atoms with E-state index in [4.69, 9.17) is 14.2 Å². The van der Waals surface area contributed by atoms with Crippen molar-refractivity contribution in [2.45, 2.75) is 33.7 Å². The lowest BCUT2D eigenvalue weighted by Gasteiger charge is -2.10. The van der Waals surface area contributed by atoms with E-state index in [1.54, 1.807) is 16.9 Å². The first-order valence-electron chi connectivity index (χ1n) is 7.71. The molecule has 0 atom stereocenters. The molecule has 0 radical (unpaired) electrons. The van der Waals surface area contributed by atoms with E-state index >= 15 is 0 Å². The Bertz CT molecular complexity index is 908. The molecule has 3 rings (SSSR count). The molecule has 7 heteroatoms. The van der Waals surface area contributed by atoms with Gasteiger partial charge in [0.1, 0.15) is 11.5 Å². The minimum absolute atomic E-state index is 0.121. The molecule has 0 bridgehead atoms. The second-order valence-electron chi connectivity index (χ2n) is 5.94. The standard InChI is InChI=1S/C17H20N4O3/c1-9(2)21-16-14(8-18-21)13(17(22)20-23-5)7-15(19-16)12-6-10(3)24-11(12)4/h6-9H,1-5H3,(H,20,22). The summed E-state index contributed by atoms with van der Waals surface area (Å²) >= 11 is 0. The predicted octanol–water partition coefficient (Wildman–Crippen LogP) is 3.18. The Labute approximate surface area is 139 Å². The maximum atomic E-state index is 12.4. The van der Waals surface area contributed by atoms with Gasteiger partial charge < -0.3 is 4.42 Å². The number of aryl methyl sites for hydroxylation is 2. The Morgan fingerprint density at radius 3 is 2.67 bits per heavy atom. The monoisotopic (exact) mass is 328 g/mol. The fourth-order valence-electron chi connectivity index (χ4n) is 2.75. The third-order valence-corrected chi connectivity index (χ3v) is 3.81. The summed E-state index contributed by atoms with van der Waals surface area (Å²) in [5.74, 6) is 1.21. The largest absolute Gasteiger partial charge is 0.466 e. The van der Waals surface area contributed by atoms with E-state index in [0.717, 1.165) is 17.1 Å². The number of rotatable bonds is 4. The SMILES string of the molecule is CONC(=O)c1cc(-c2cc(C)oc2C)nc2c1cnn2C(C)C. The van der Waals surface area contributed by atoms with Crippen LogP contribution >= 0.6 is 0 Å². The Morgan fingerprint density at radius 1 is 1.33 bits per heavy atom. The summed E-state index contributed by atoms with van der Waals surface area (Å²) in [6.07, 6.45) is 1.66. The van der Waals surface area contributed by atoms with Crippen LogP contribution in [0.15, 0.2) is 22.7 Å². The molecule has 0 aliphatic heterocycles. The molecule has 0 aromatic carbocycles. The number of pyridine rings is 1. The number of hydrogen-bond donors (Lipinski definition) is 1. The zero-order valence-electron chi connectivity index (χ0n) is 14.4. The molecule has 0 saturated carbocycles. The summed E-state index contributed by atoms with van der Waals surface area (Å²) in [6.45, 7) is 7.79. The predicted molar refractivity (Wildman–Crippen MR) is 89.6 cm³/mol. The highest BCUT2D eigenvalue weighted by Crippen LogP contribution is 2.29. The van der Waals surface area contributed by atoms with Gasteiger partial charge in [0.2, 0.25) is 0 Å². The molecule has 0 saturated heterocycles. The Balaban J connectivity index is 2.28. The van der Waals surface area contributed by atoms with Crippen molar-refractivity contribution < 1.29 is 14.0 Å². The van der Waals surface area contributed by atoms with Crippen LogP contribution in [-0.2, 0) is 4.84 Å². The summed E-state index contributed by atoms with van der Waals surface area (Å²) in [4.78, 5) is 21.9. The van der Waals surface area contributed by atoms with Gasteiger partial charge in [-0.05, 0) is 39.8 Å². The number of nitrogens with zero attached hydrogens (tertiary/aromatic N) is 3. The van der Waals surface area contributed by atoms with E-state index in [1.165, 1.54) is 7.11 Å². The number of hydroxylamine groups is 1. The molecule has 0 spiro atoms. The van der Waals surface area contributed by atoms with E-state index in [2.05, 4.69) is 10.6 Å². The first-order chi connectivity index (χ1) is 11.4. The van der Waals surface area contributed by atoms with Gasteiger partial charge in [-0.1, -0.05) is 0 Å². The number of carbonyl (C=O) groups excluding carboxylic acids is 1. The van der Waals surface area contributed by atoms with Crippen molar-refractivity contribution in [3.63, 3.8) is 0 Å². The highest BCUT2D eigenvalue weighted by atomic mass is 16.6. The minimum atomic E-state index is -0.340. The Kier molecular flexibility index (Phi) is 4.11. The molecule has 3 aromatic heterocycles. The van der Waals surface area contributed by atoms with Crippen molar-refractivity contribution in [2.75, 3.05) is 7.11 Å². The third kappa shape index (κ3) is 2.67. The Hall–Kier alpha value is -2.67. The number of carbonyl (C=O) groups is 1. The molecular weight excluding hydrogens is 308 g/mol. The third-order valence-electron chi connectivity index (χ3n) is 3.81. The number of furan rings is 1. The molecule has 1 N–H and O–H groups in total. The second-order valence-corrected chi connectivity index (χ2v) is 5.94. The van der Waals surface area contributed by atoms with E-state index in [0.29, 0.717) is 22.3 Å². The molecule has 7 nitrogen and oxygen atoms in total. The molecule has 126 valence electrons. The molecule has 0 aliphatic rings. The molecule has 0 unspecified atom stereocenters. The van der Waals surface area contributed by atoms with Crippen molar-refractivity contribution in [1.82, 2.24) is 20.2 Å². The van der Waals surface area contributed by atoms with Gasteiger partial charge in [0.15, 0.2) is 5.65 Å². The summed E-state index contributed by atoms with van der Waals surface area (Å²) < 4.78 is 7.40. The topological polar surface area (TPSA) is 82.2 Å². The van der Waals surface area contributed by atoms with Gasteiger partial charge in [-0.15, -0.1) is 0 Å². The van der Waals surface area contributed by atoms with Gasteiger partial charge in [0.05, 0.1) is 30.0 Å². The summed E-state index contributed by atoms with van der Waals surface area (Å²) in [5.41, 5.74) is 5.00. The van der Waals surface area contributed by atoms with E-state index < -0.39 is 0 Å². The average Bonchev–Trinajstić information content (AvgIpc) is 3.09. The lowest BCUT2D eigenvalue weighted by molar-refractivity contribution is 0.0539. The van der Waals surface area contributed by atoms with Crippen LogP contribution in [0.1, 0.15) is 41.8 Å². The smallest absolute Gasteiger partial charge is 0.275 e. The maximum absolute atomic E-state index is 12.4. The van der Waals surface area contributed by atoms with Crippen LogP contribution < -0.4 is 5.48 Å². The van der Waals surface area contributed by atoms with Gasteiger partial charge in [-0.25, -0.2) is 15.1 Å². The molecule has 1 amide bonds. The fraction of sp³-hybridized carbons (Fsp3) is 0.353. The van der Waals surface area contributed by atoms with Crippen LogP contribution in [0.2, 0.25) is 0 Å². The number of nitrogens with one attached hydrogen (secondary N) is 1. The van der Waals surface area contributed by atoms with Crippen molar-refractivity contribution in [1.29, 1.82) is 0 Å². The number of hydrogen-bond acceptors (Lipinski definition) is 5. The van der Waals surface area contributed by atoms with Crippen LogP contribution in [0.25, 0.3) is 22.3 Å². The van der Waals surface area contributed by atoms with Gasteiger partial charge in [0, 0.05) is 11.6 Å². The van der Waals surface area contributed by atoms with Crippen LogP contribution in [0, 0.1) is 13.8 Å². The van der Waals surface area contributed by atoms with Gasteiger partial charge in [-0.2, -0.15) is 5.10 Å². The lowest BCUT2D eigenvalue weighted by Crippen LogP contribution is -2.22. The van der Waals surface area contributed by atoms with Crippen LogP contribution in [-0.4, -0.2) is 27.8 Å². The second kappa shape index (κ2) is 6.09. The number of amides is 1. The zero-order chi connectivity index (χ0) is 17.4. The minimum Gasteiger partial charge on any atom is -0.466 e. The number of aromatic nitrogens is 3. The molecule has 3 heterocycles. The quantitative estimate of drug-likeness (QED) is 0.744. The highest BCUT2D eigenvalue weighted by Gasteiger charge is 2.20. The summed E-state index contributed by atoms with van der Waals surface area (Å²) in [6, 6.07) is 3.77. The van der Waals surface area contributed by atoms with Crippen LogP contribution in [0.4, 0.5) is 0 Å². The number of fused-ring (bicyclic) bond motifs is 1. The van der Waals surface area contributed by atoms with Gasteiger partial charge in [-0.3, -0.25) is 9.63 Å². The van der Waals surface area contributed by atoms with E-state index in [1.807, 2.05) is 33.8 Å². The van der Waals surface area contributed by atoms with E-state index in [9.17, 15) is 4.79 Å². The molecular formula is C17H20N4O3. The lowest BCUT2D eigenvalue weighted by atomic mass is 10.1. The zero-order valence-corrected chi connectivity index (χ0v) is 14.4. The molecule has 0 fully saturated rings. The Morgan fingerprint density at radius 2 is 2.08 bits per heavy atom. The average molecular weight is 328 g/mol. The highest BCUT2D eigenvalue weighted by molar-refractivity contribution is 6.06. The van der Waals surface area contributed by atoms with Crippen molar-refractivity contribution in [3.8, 4) is 11.3 Å². The van der Waals surface area contributed by atoms with Crippen molar-refractivity contribution >= 4 is 16.9 Å². The molecule has 3 aromatic rings. The van der Waals surface area contributed by atoms with Crippen molar-refractivity contribution in [2.24, 2.45) is 0 Å². The van der Waals surface area contributed by atoms with Gasteiger partial charge in [0.25, 0.3) is 5.91 Å².